The largest absolute Gasteiger partial charge is 0.207 e. The third kappa shape index (κ3) is 3.59. The predicted octanol–water partition coefficient (Wildman–Crippen LogP) is 5.40. The Morgan fingerprint density at radius 2 is 1.57 bits per heavy atom. The minimum atomic E-state index is -0.334. The maximum Gasteiger partial charge on any atom is 0.123 e. The highest BCUT2D eigenvalue weighted by Crippen LogP contribution is 2.33. The average Bonchev–Trinajstić information content (AvgIpc) is 2.48. The third-order valence-electron chi connectivity index (χ3n) is 4.01. The van der Waals surface area contributed by atoms with E-state index >= 15 is 0 Å². The van der Waals surface area contributed by atoms with Crippen molar-refractivity contribution in [3.8, 4) is 0 Å². The summed E-state index contributed by atoms with van der Waals surface area (Å²) in [6.07, 6.45) is 0.704. The molecule has 0 aliphatic heterocycles. The first kappa shape index (κ1) is 16.3. The molecule has 0 aromatic heterocycles. The fourth-order valence-electron chi connectivity index (χ4n) is 2.52. The minimum absolute atomic E-state index is 0.214. The molecule has 0 saturated carbocycles. The predicted molar refractivity (Wildman–Crippen MR) is 89.1 cm³/mol. The standard InChI is InChI=1S/C18H19Cl2F/c1-13-3-6-16(7-4-13)18(11-19,12-20)10-15-5-8-17(21)9-14(15)2/h3-9H,10-12H2,1-2H3. The Bertz CT molecular complexity index is 601. The van der Waals surface area contributed by atoms with Crippen LogP contribution < -0.4 is 0 Å². The molecule has 2 rings (SSSR count). The van der Waals surface area contributed by atoms with Crippen molar-refractivity contribution in [1.29, 1.82) is 0 Å². The number of benzene rings is 2. The summed E-state index contributed by atoms with van der Waals surface area (Å²) >= 11 is 12.5. The lowest BCUT2D eigenvalue weighted by Crippen LogP contribution is -2.33. The second kappa shape index (κ2) is 6.81. The van der Waals surface area contributed by atoms with Gasteiger partial charge in [0.15, 0.2) is 0 Å². The number of alkyl halides is 2. The van der Waals surface area contributed by atoms with E-state index in [0.29, 0.717) is 18.2 Å². The van der Waals surface area contributed by atoms with Gasteiger partial charge < -0.3 is 0 Å². The first-order valence-electron chi connectivity index (χ1n) is 6.95. The first-order chi connectivity index (χ1) is 10.0. The van der Waals surface area contributed by atoms with E-state index in [1.807, 2.05) is 13.0 Å². The van der Waals surface area contributed by atoms with Crippen molar-refractivity contribution in [2.45, 2.75) is 25.7 Å². The highest BCUT2D eigenvalue weighted by atomic mass is 35.5. The molecule has 0 aliphatic carbocycles. The van der Waals surface area contributed by atoms with Crippen LogP contribution in [0.15, 0.2) is 42.5 Å². The van der Waals surface area contributed by atoms with Gasteiger partial charge in [0.2, 0.25) is 0 Å². The fourth-order valence-corrected chi connectivity index (χ4v) is 3.30. The zero-order valence-electron chi connectivity index (χ0n) is 12.3. The molecule has 0 aliphatic rings. The Morgan fingerprint density at radius 1 is 0.952 bits per heavy atom. The molecule has 0 bridgehead atoms. The summed E-state index contributed by atoms with van der Waals surface area (Å²) in [5.41, 5.74) is 4.01. The van der Waals surface area contributed by atoms with Crippen molar-refractivity contribution in [3.63, 3.8) is 0 Å². The number of hydrogen-bond donors (Lipinski definition) is 0. The monoisotopic (exact) mass is 324 g/mol. The van der Waals surface area contributed by atoms with E-state index in [4.69, 9.17) is 23.2 Å². The van der Waals surface area contributed by atoms with Gasteiger partial charge in [0.1, 0.15) is 5.82 Å². The van der Waals surface area contributed by atoms with Crippen LogP contribution in [-0.2, 0) is 11.8 Å². The first-order valence-corrected chi connectivity index (χ1v) is 8.02. The Hall–Kier alpha value is -1.05. The summed E-state index contributed by atoms with van der Waals surface area (Å²) in [5, 5.41) is 0. The van der Waals surface area contributed by atoms with Crippen molar-refractivity contribution in [1.82, 2.24) is 0 Å². The van der Waals surface area contributed by atoms with Crippen LogP contribution in [0, 0.1) is 19.7 Å². The van der Waals surface area contributed by atoms with Crippen molar-refractivity contribution in [3.05, 3.63) is 70.5 Å². The minimum Gasteiger partial charge on any atom is -0.207 e. The van der Waals surface area contributed by atoms with E-state index in [1.165, 1.54) is 11.6 Å². The van der Waals surface area contributed by atoms with Gasteiger partial charge in [-0.25, -0.2) is 4.39 Å². The highest BCUT2D eigenvalue weighted by molar-refractivity contribution is 6.22. The van der Waals surface area contributed by atoms with E-state index in [0.717, 1.165) is 16.7 Å². The zero-order valence-corrected chi connectivity index (χ0v) is 13.8. The molecule has 2 aromatic rings. The van der Waals surface area contributed by atoms with Crippen LogP contribution in [0.1, 0.15) is 22.3 Å². The number of halogens is 3. The molecule has 2 aromatic carbocycles. The van der Waals surface area contributed by atoms with Crippen LogP contribution >= 0.6 is 23.2 Å². The molecule has 0 heterocycles. The molecule has 0 fully saturated rings. The zero-order chi connectivity index (χ0) is 15.5. The highest BCUT2D eigenvalue weighted by Gasteiger charge is 2.31. The summed E-state index contributed by atoms with van der Waals surface area (Å²) in [7, 11) is 0. The molecule has 0 amide bonds. The molecule has 3 heteroatoms. The lowest BCUT2D eigenvalue weighted by Gasteiger charge is -2.31. The van der Waals surface area contributed by atoms with Crippen molar-refractivity contribution in [2.75, 3.05) is 11.8 Å². The molecule has 0 radical (unpaired) electrons. The molecule has 112 valence electrons. The number of rotatable bonds is 5. The summed E-state index contributed by atoms with van der Waals surface area (Å²) < 4.78 is 13.3. The Kier molecular flexibility index (Phi) is 5.29. The molecule has 21 heavy (non-hydrogen) atoms. The van der Waals surface area contributed by atoms with Crippen LogP contribution in [0.2, 0.25) is 0 Å². The van der Waals surface area contributed by atoms with Gasteiger partial charge in [-0.05, 0) is 49.1 Å². The Morgan fingerprint density at radius 3 is 2.10 bits per heavy atom. The summed E-state index contributed by atoms with van der Waals surface area (Å²) in [5.74, 6) is 0.640. The molecular formula is C18H19Cl2F. The fraction of sp³-hybridized carbons (Fsp3) is 0.333. The second-order valence-corrected chi connectivity index (χ2v) is 6.20. The van der Waals surface area contributed by atoms with Crippen LogP contribution in [-0.4, -0.2) is 11.8 Å². The van der Waals surface area contributed by atoms with Crippen molar-refractivity contribution in [2.24, 2.45) is 0 Å². The maximum absolute atomic E-state index is 13.3. The third-order valence-corrected chi connectivity index (χ3v) is 5.03. The van der Waals surface area contributed by atoms with E-state index < -0.39 is 0 Å². The van der Waals surface area contributed by atoms with Gasteiger partial charge >= 0.3 is 0 Å². The molecule has 0 unspecified atom stereocenters. The van der Waals surface area contributed by atoms with Gasteiger partial charge in [-0.1, -0.05) is 35.9 Å². The van der Waals surface area contributed by atoms with Gasteiger partial charge in [-0.3, -0.25) is 0 Å². The van der Waals surface area contributed by atoms with E-state index in [1.54, 1.807) is 6.07 Å². The summed E-state index contributed by atoms with van der Waals surface area (Å²) in [6.45, 7) is 3.97. The van der Waals surface area contributed by atoms with Crippen LogP contribution in [0.25, 0.3) is 0 Å². The molecule has 0 saturated heterocycles. The Balaban J connectivity index is 2.40. The maximum atomic E-state index is 13.3. The van der Waals surface area contributed by atoms with Gasteiger partial charge in [-0.15, -0.1) is 23.2 Å². The van der Waals surface area contributed by atoms with E-state index in [9.17, 15) is 4.39 Å². The van der Waals surface area contributed by atoms with Gasteiger partial charge in [0.05, 0.1) is 0 Å². The van der Waals surface area contributed by atoms with Crippen LogP contribution in [0.4, 0.5) is 4.39 Å². The SMILES string of the molecule is Cc1ccc(C(CCl)(CCl)Cc2ccc(F)cc2C)cc1. The summed E-state index contributed by atoms with van der Waals surface area (Å²) in [4.78, 5) is 0. The van der Waals surface area contributed by atoms with E-state index in [2.05, 4.69) is 31.2 Å². The average molecular weight is 325 g/mol. The quantitative estimate of drug-likeness (QED) is 0.646. The molecule has 0 N–H and O–H groups in total. The summed E-state index contributed by atoms with van der Waals surface area (Å²) in [6, 6.07) is 13.2. The number of aryl methyl sites for hydroxylation is 2. The molecular weight excluding hydrogens is 306 g/mol. The van der Waals surface area contributed by atoms with Crippen LogP contribution in [0.5, 0.6) is 0 Å². The van der Waals surface area contributed by atoms with Gasteiger partial charge in [0, 0.05) is 17.2 Å². The molecule has 0 spiro atoms. The van der Waals surface area contributed by atoms with Gasteiger partial charge in [-0.2, -0.15) is 0 Å². The normalized spacial score (nSPS) is 11.7. The Labute approximate surface area is 135 Å². The molecule has 0 nitrogen and oxygen atoms in total. The van der Waals surface area contributed by atoms with E-state index in [-0.39, 0.29) is 11.2 Å². The smallest absolute Gasteiger partial charge is 0.123 e. The number of hydrogen-bond acceptors (Lipinski definition) is 0. The second-order valence-electron chi connectivity index (χ2n) is 5.66. The lowest BCUT2D eigenvalue weighted by molar-refractivity contribution is 0.533. The topological polar surface area (TPSA) is 0 Å². The van der Waals surface area contributed by atoms with Crippen molar-refractivity contribution < 1.29 is 4.39 Å². The van der Waals surface area contributed by atoms with Crippen molar-refractivity contribution >= 4 is 23.2 Å². The molecule has 0 atom stereocenters. The van der Waals surface area contributed by atoms with Crippen LogP contribution in [0.3, 0.4) is 0 Å². The lowest BCUT2D eigenvalue weighted by atomic mass is 9.77. The van der Waals surface area contributed by atoms with Gasteiger partial charge in [0.25, 0.3) is 0 Å².